The number of ether oxygens (including phenoxy) is 2. The van der Waals surface area contributed by atoms with E-state index in [9.17, 15) is 9.59 Å². The van der Waals surface area contributed by atoms with Crippen molar-refractivity contribution in [3.8, 4) is 5.75 Å². The molecule has 0 fully saturated rings. The molecule has 0 spiro atoms. The van der Waals surface area contributed by atoms with E-state index in [1.807, 2.05) is 0 Å². The Kier molecular flexibility index (Phi) is 4.27. The van der Waals surface area contributed by atoms with E-state index in [0.717, 1.165) is 0 Å². The first kappa shape index (κ1) is 12.0. The molecule has 0 bridgehead atoms. The van der Waals surface area contributed by atoms with Crippen molar-refractivity contribution < 1.29 is 19.1 Å². The Bertz CT molecular complexity index is 392. The first-order chi connectivity index (χ1) is 7.69. The number of esters is 1. The summed E-state index contributed by atoms with van der Waals surface area (Å²) in [6, 6.07) is 6.24. The van der Waals surface area contributed by atoms with E-state index < -0.39 is 11.8 Å². The molecule has 0 unspecified atom stereocenters. The smallest absolute Gasteiger partial charge is 0.379 e. The van der Waals surface area contributed by atoms with Crippen LogP contribution < -0.4 is 4.74 Å². The van der Waals surface area contributed by atoms with Crippen LogP contribution >= 0.6 is 0 Å². The second kappa shape index (κ2) is 5.70. The van der Waals surface area contributed by atoms with Crippen LogP contribution in [0.2, 0.25) is 0 Å². The van der Waals surface area contributed by atoms with Gasteiger partial charge in [0.25, 0.3) is 5.78 Å². The fourth-order valence-electron chi connectivity index (χ4n) is 1.07. The molecular formula is C12H12O4. The summed E-state index contributed by atoms with van der Waals surface area (Å²) in [5.41, 5.74) is 0.276. The van der Waals surface area contributed by atoms with Crippen LogP contribution in [0.4, 0.5) is 0 Å². The van der Waals surface area contributed by atoms with Gasteiger partial charge in [-0.2, -0.15) is 0 Å². The monoisotopic (exact) mass is 220 g/mol. The molecule has 4 nitrogen and oxygen atoms in total. The number of hydrogen-bond donors (Lipinski definition) is 0. The minimum atomic E-state index is -0.875. The topological polar surface area (TPSA) is 52.6 Å². The molecule has 0 aromatic heterocycles. The first-order valence-corrected chi connectivity index (χ1v) is 4.65. The second-order valence-electron chi connectivity index (χ2n) is 2.94. The molecule has 1 aromatic carbocycles. The van der Waals surface area contributed by atoms with E-state index in [1.165, 1.54) is 19.2 Å². The average Bonchev–Trinajstić information content (AvgIpc) is 2.35. The maximum Gasteiger partial charge on any atom is 0.379 e. The van der Waals surface area contributed by atoms with Crippen molar-refractivity contribution in [1.29, 1.82) is 0 Å². The third-order valence-corrected chi connectivity index (χ3v) is 1.86. The van der Waals surface area contributed by atoms with Crippen molar-refractivity contribution in [1.82, 2.24) is 0 Å². The molecule has 0 amide bonds. The number of rotatable bonds is 5. The molecule has 4 heteroatoms. The second-order valence-corrected chi connectivity index (χ2v) is 2.94. The standard InChI is InChI=1S/C12H12O4/c1-3-8-16-10-6-4-9(5-7-10)11(13)12(14)15-2/h3-7H,1,8H2,2H3. The molecule has 0 aliphatic heterocycles. The number of benzene rings is 1. The molecule has 84 valence electrons. The highest BCUT2D eigenvalue weighted by molar-refractivity contribution is 6.40. The number of Topliss-reactive ketones (excluding diaryl/α,β-unsaturated/α-hetero) is 1. The van der Waals surface area contributed by atoms with Crippen molar-refractivity contribution in [2.45, 2.75) is 0 Å². The third-order valence-electron chi connectivity index (χ3n) is 1.86. The molecule has 0 aliphatic carbocycles. The highest BCUT2D eigenvalue weighted by Crippen LogP contribution is 2.12. The molecule has 0 atom stereocenters. The van der Waals surface area contributed by atoms with Gasteiger partial charge in [-0.3, -0.25) is 4.79 Å². The highest BCUT2D eigenvalue weighted by atomic mass is 16.5. The summed E-state index contributed by atoms with van der Waals surface area (Å²) >= 11 is 0. The molecule has 16 heavy (non-hydrogen) atoms. The Hall–Kier alpha value is -2.10. The lowest BCUT2D eigenvalue weighted by molar-refractivity contribution is -0.135. The van der Waals surface area contributed by atoms with E-state index in [4.69, 9.17) is 4.74 Å². The zero-order valence-corrected chi connectivity index (χ0v) is 8.93. The van der Waals surface area contributed by atoms with Crippen molar-refractivity contribution in [3.63, 3.8) is 0 Å². The van der Waals surface area contributed by atoms with Crippen LogP contribution in [-0.4, -0.2) is 25.5 Å². The molecule has 0 heterocycles. The SMILES string of the molecule is C=CCOc1ccc(C(=O)C(=O)OC)cc1. The van der Waals surface area contributed by atoms with Gasteiger partial charge < -0.3 is 9.47 Å². The summed E-state index contributed by atoms with van der Waals surface area (Å²) in [6.45, 7) is 3.91. The summed E-state index contributed by atoms with van der Waals surface area (Å²) in [5, 5.41) is 0. The third kappa shape index (κ3) is 2.95. The number of ketones is 1. The molecule has 0 radical (unpaired) electrons. The minimum absolute atomic E-state index is 0.276. The van der Waals surface area contributed by atoms with Gasteiger partial charge in [0, 0.05) is 5.56 Å². The number of hydrogen-bond acceptors (Lipinski definition) is 4. The fourth-order valence-corrected chi connectivity index (χ4v) is 1.07. The largest absolute Gasteiger partial charge is 0.490 e. The molecule has 1 aromatic rings. The maximum absolute atomic E-state index is 11.4. The van der Waals surface area contributed by atoms with Crippen LogP contribution in [0, 0.1) is 0 Å². The fraction of sp³-hybridized carbons (Fsp3) is 0.167. The quantitative estimate of drug-likeness (QED) is 0.327. The lowest BCUT2D eigenvalue weighted by Crippen LogP contribution is -2.15. The predicted octanol–water partition coefficient (Wildman–Crippen LogP) is 1.61. The number of carbonyl (C=O) groups excluding carboxylic acids is 2. The van der Waals surface area contributed by atoms with Crippen LogP contribution in [0.15, 0.2) is 36.9 Å². The van der Waals surface area contributed by atoms with Gasteiger partial charge in [0.05, 0.1) is 7.11 Å². The summed E-state index contributed by atoms with van der Waals surface area (Å²) in [6.07, 6.45) is 1.62. The van der Waals surface area contributed by atoms with Crippen LogP contribution in [-0.2, 0) is 9.53 Å². The molecule has 0 saturated carbocycles. The molecule has 0 N–H and O–H groups in total. The van der Waals surface area contributed by atoms with Crippen LogP contribution in [0.25, 0.3) is 0 Å². The van der Waals surface area contributed by atoms with Crippen molar-refractivity contribution in [3.05, 3.63) is 42.5 Å². The number of methoxy groups -OCH3 is 1. The normalized spacial score (nSPS) is 9.31. The van der Waals surface area contributed by atoms with Crippen LogP contribution in [0.1, 0.15) is 10.4 Å². The lowest BCUT2D eigenvalue weighted by Gasteiger charge is -2.03. The van der Waals surface area contributed by atoms with Gasteiger partial charge in [0.15, 0.2) is 0 Å². The zero-order chi connectivity index (χ0) is 12.0. The molecular weight excluding hydrogens is 208 g/mol. The van der Waals surface area contributed by atoms with E-state index >= 15 is 0 Å². The van der Waals surface area contributed by atoms with Crippen molar-refractivity contribution in [2.24, 2.45) is 0 Å². The van der Waals surface area contributed by atoms with Gasteiger partial charge in [-0.05, 0) is 24.3 Å². The average molecular weight is 220 g/mol. The minimum Gasteiger partial charge on any atom is -0.490 e. The molecule has 0 aliphatic rings. The van der Waals surface area contributed by atoms with Gasteiger partial charge in [0.2, 0.25) is 0 Å². The van der Waals surface area contributed by atoms with Crippen molar-refractivity contribution in [2.75, 3.05) is 13.7 Å². The molecule has 0 saturated heterocycles. The summed E-state index contributed by atoms with van der Waals surface area (Å²) < 4.78 is 9.56. The Morgan fingerprint density at radius 2 is 1.94 bits per heavy atom. The van der Waals surface area contributed by atoms with Gasteiger partial charge in [-0.1, -0.05) is 12.7 Å². The molecule has 1 rings (SSSR count). The van der Waals surface area contributed by atoms with Crippen LogP contribution in [0.5, 0.6) is 5.75 Å². The Morgan fingerprint density at radius 3 is 2.44 bits per heavy atom. The van der Waals surface area contributed by atoms with Crippen molar-refractivity contribution >= 4 is 11.8 Å². The van der Waals surface area contributed by atoms with Gasteiger partial charge >= 0.3 is 5.97 Å². The Balaban J connectivity index is 2.74. The van der Waals surface area contributed by atoms with Crippen LogP contribution in [0.3, 0.4) is 0 Å². The lowest BCUT2D eigenvalue weighted by atomic mass is 10.1. The Morgan fingerprint density at radius 1 is 1.31 bits per heavy atom. The van der Waals surface area contributed by atoms with E-state index in [-0.39, 0.29) is 5.56 Å². The zero-order valence-electron chi connectivity index (χ0n) is 8.93. The van der Waals surface area contributed by atoms with E-state index in [0.29, 0.717) is 12.4 Å². The Labute approximate surface area is 93.5 Å². The summed E-state index contributed by atoms with van der Waals surface area (Å²) in [5.74, 6) is -0.932. The summed E-state index contributed by atoms with van der Waals surface area (Å²) in [7, 11) is 1.17. The maximum atomic E-state index is 11.4. The van der Waals surface area contributed by atoms with Gasteiger partial charge in [-0.15, -0.1) is 0 Å². The highest BCUT2D eigenvalue weighted by Gasteiger charge is 2.15. The number of carbonyl (C=O) groups is 2. The predicted molar refractivity (Wildman–Crippen MR) is 58.5 cm³/mol. The first-order valence-electron chi connectivity index (χ1n) is 4.65. The van der Waals surface area contributed by atoms with Gasteiger partial charge in [-0.25, -0.2) is 4.79 Å². The van der Waals surface area contributed by atoms with E-state index in [2.05, 4.69) is 11.3 Å². The van der Waals surface area contributed by atoms with Gasteiger partial charge in [0.1, 0.15) is 12.4 Å². The summed E-state index contributed by atoms with van der Waals surface area (Å²) in [4.78, 5) is 22.3. The van der Waals surface area contributed by atoms with E-state index in [1.54, 1.807) is 18.2 Å².